The predicted octanol–water partition coefficient (Wildman–Crippen LogP) is 3.82. The molecule has 0 saturated heterocycles. The summed E-state index contributed by atoms with van der Waals surface area (Å²) in [4.78, 5) is 12.3. The Morgan fingerprint density at radius 3 is 2.32 bits per heavy atom. The van der Waals surface area contributed by atoms with Crippen LogP contribution in [0.5, 0.6) is 5.75 Å². The van der Waals surface area contributed by atoms with Crippen LogP contribution in [0.1, 0.15) is 27.6 Å². The molecule has 5 nitrogen and oxygen atoms in total. The van der Waals surface area contributed by atoms with Gasteiger partial charge in [-0.2, -0.15) is 0 Å². The quantitative estimate of drug-likeness (QED) is 0.716. The summed E-state index contributed by atoms with van der Waals surface area (Å²) in [5, 5.41) is 10.7. The first-order valence-corrected chi connectivity index (χ1v) is 7.72. The molecule has 0 fully saturated rings. The van der Waals surface area contributed by atoms with Crippen molar-refractivity contribution in [3.63, 3.8) is 0 Å². The minimum absolute atomic E-state index is 0.219. The van der Waals surface area contributed by atoms with Crippen LogP contribution in [0.25, 0.3) is 11.3 Å². The van der Waals surface area contributed by atoms with E-state index in [2.05, 4.69) is 0 Å². The number of carbonyl (C=O) groups excluding carboxylic acids is 1. The lowest BCUT2D eigenvalue weighted by atomic mass is 9.97. The maximum Gasteiger partial charge on any atom is 0.342 e. The Morgan fingerprint density at radius 1 is 1.04 bits per heavy atom. The van der Waals surface area contributed by atoms with Gasteiger partial charge in [0.1, 0.15) is 23.2 Å². The summed E-state index contributed by atoms with van der Waals surface area (Å²) in [5.74, 6) is 0.492. The third-order valence-electron chi connectivity index (χ3n) is 3.97. The number of benzene rings is 2. The number of aliphatic hydroxyl groups is 1. The van der Waals surface area contributed by atoms with E-state index in [1.165, 1.54) is 13.4 Å². The molecule has 0 spiro atoms. The largest absolute Gasteiger partial charge is 0.497 e. The highest BCUT2D eigenvalue weighted by molar-refractivity contribution is 5.97. The van der Waals surface area contributed by atoms with Crippen LogP contribution in [0.4, 0.5) is 0 Å². The van der Waals surface area contributed by atoms with E-state index in [4.69, 9.17) is 13.9 Å². The molecule has 1 unspecified atom stereocenters. The number of hydrogen-bond acceptors (Lipinski definition) is 5. The second kappa shape index (κ2) is 7.23. The van der Waals surface area contributed by atoms with Crippen LogP contribution in [-0.4, -0.2) is 25.3 Å². The van der Waals surface area contributed by atoms with Crippen molar-refractivity contribution in [2.24, 2.45) is 0 Å². The summed E-state index contributed by atoms with van der Waals surface area (Å²) in [6.07, 6.45) is 0.366. The van der Waals surface area contributed by atoms with Crippen LogP contribution in [0, 0.1) is 0 Å². The zero-order valence-corrected chi connectivity index (χ0v) is 13.9. The Hall–Kier alpha value is -3.05. The van der Waals surface area contributed by atoms with Crippen molar-refractivity contribution < 1.29 is 23.8 Å². The van der Waals surface area contributed by atoms with E-state index in [1.807, 2.05) is 30.3 Å². The molecular formula is C20H18O5. The van der Waals surface area contributed by atoms with Gasteiger partial charge in [-0.15, -0.1) is 0 Å². The van der Waals surface area contributed by atoms with Crippen molar-refractivity contribution in [3.8, 4) is 17.1 Å². The predicted molar refractivity (Wildman–Crippen MR) is 92.5 cm³/mol. The first kappa shape index (κ1) is 16.8. The number of methoxy groups -OCH3 is 2. The standard InChI is InChI=1S/C20H18O5/c1-23-15-10-8-13(9-11-15)18(21)16-12-25-19(17(16)20(22)24-2)14-6-4-3-5-7-14/h3-12,18,21H,1-2H3. The smallest absolute Gasteiger partial charge is 0.342 e. The summed E-state index contributed by atoms with van der Waals surface area (Å²) in [6.45, 7) is 0. The van der Waals surface area contributed by atoms with Gasteiger partial charge in [-0.05, 0) is 17.7 Å². The van der Waals surface area contributed by atoms with Gasteiger partial charge in [0.2, 0.25) is 0 Å². The maximum atomic E-state index is 12.3. The number of esters is 1. The molecule has 0 aliphatic heterocycles. The number of rotatable bonds is 5. The van der Waals surface area contributed by atoms with Gasteiger partial charge in [0.15, 0.2) is 0 Å². The Balaban J connectivity index is 2.06. The van der Waals surface area contributed by atoms with Crippen molar-refractivity contribution in [2.45, 2.75) is 6.10 Å². The molecule has 0 saturated carbocycles. The highest BCUT2D eigenvalue weighted by Gasteiger charge is 2.27. The van der Waals surface area contributed by atoms with Gasteiger partial charge in [-0.1, -0.05) is 42.5 Å². The highest BCUT2D eigenvalue weighted by Crippen LogP contribution is 2.35. The van der Waals surface area contributed by atoms with E-state index in [0.717, 1.165) is 5.56 Å². The van der Waals surface area contributed by atoms with Crippen molar-refractivity contribution in [2.75, 3.05) is 14.2 Å². The molecule has 1 heterocycles. The van der Waals surface area contributed by atoms with Crippen LogP contribution < -0.4 is 4.74 Å². The highest BCUT2D eigenvalue weighted by atomic mass is 16.5. The zero-order valence-electron chi connectivity index (χ0n) is 13.9. The normalized spacial score (nSPS) is 11.8. The Bertz CT molecular complexity index is 850. The van der Waals surface area contributed by atoms with E-state index in [9.17, 15) is 9.90 Å². The van der Waals surface area contributed by atoms with Crippen LogP contribution in [0.2, 0.25) is 0 Å². The molecule has 2 aromatic carbocycles. The maximum absolute atomic E-state index is 12.3. The molecule has 25 heavy (non-hydrogen) atoms. The second-order valence-electron chi connectivity index (χ2n) is 5.43. The molecule has 5 heteroatoms. The average molecular weight is 338 g/mol. The molecule has 0 aliphatic carbocycles. The van der Waals surface area contributed by atoms with Crippen molar-refractivity contribution >= 4 is 5.97 Å². The first-order valence-electron chi connectivity index (χ1n) is 7.72. The van der Waals surface area contributed by atoms with Gasteiger partial charge in [-0.3, -0.25) is 0 Å². The van der Waals surface area contributed by atoms with Gasteiger partial charge >= 0.3 is 5.97 Å². The van der Waals surface area contributed by atoms with E-state index in [0.29, 0.717) is 22.6 Å². The van der Waals surface area contributed by atoms with Crippen LogP contribution >= 0.6 is 0 Å². The van der Waals surface area contributed by atoms with Gasteiger partial charge < -0.3 is 19.0 Å². The number of carbonyl (C=O) groups is 1. The Morgan fingerprint density at radius 2 is 1.72 bits per heavy atom. The third-order valence-corrected chi connectivity index (χ3v) is 3.97. The number of aliphatic hydroxyl groups excluding tert-OH is 1. The van der Waals surface area contributed by atoms with E-state index in [1.54, 1.807) is 31.4 Å². The molecular weight excluding hydrogens is 320 g/mol. The van der Waals surface area contributed by atoms with Gasteiger partial charge in [0.25, 0.3) is 0 Å². The minimum atomic E-state index is -1.03. The van der Waals surface area contributed by atoms with E-state index < -0.39 is 12.1 Å². The fraction of sp³-hybridized carbons (Fsp3) is 0.150. The molecule has 0 bridgehead atoms. The minimum Gasteiger partial charge on any atom is -0.497 e. The average Bonchev–Trinajstić information content (AvgIpc) is 3.12. The second-order valence-corrected chi connectivity index (χ2v) is 5.43. The third kappa shape index (κ3) is 3.27. The van der Waals surface area contributed by atoms with Crippen LogP contribution in [0.15, 0.2) is 65.3 Å². The number of hydrogen-bond donors (Lipinski definition) is 1. The molecule has 0 radical (unpaired) electrons. The summed E-state index contributed by atoms with van der Waals surface area (Å²) in [7, 11) is 2.87. The summed E-state index contributed by atoms with van der Waals surface area (Å²) in [5.41, 5.74) is 1.93. The SMILES string of the molecule is COC(=O)c1c(C(O)c2ccc(OC)cc2)coc1-c1ccccc1. The topological polar surface area (TPSA) is 68.9 Å². The van der Waals surface area contributed by atoms with Crippen molar-refractivity contribution in [3.05, 3.63) is 77.6 Å². The lowest BCUT2D eigenvalue weighted by Gasteiger charge is -2.12. The van der Waals surface area contributed by atoms with Crippen molar-refractivity contribution in [1.82, 2.24) is 0 Å². The van der Waals surface area contributed by atoms with Gasteiger partial charge in [-0.25, -0.2) is 4.79 Å². The van der Waals surface area contributed by atoms with Crippen LogP contribution in [0.3, 0.4) is 0 Å². The molecule has 0 amide bonds. The first-order chi connectivity index (χ1) is 12.2. The number of furan rings is 1. The summed E-state index contributed by atoms with van der Waals surface area (Å²) in [6, 6.07) is 16.2. The lowest BCUT2D eigenvalue weighted by molar-refractivity contribution is 0.0596. The van der Waals surface area contributed by atoms with E-state index in [-0.39, 0.29) is 5.56 Å². The van der Waals surface area contributed by atoms with Gasteiger partial charge in [0, 0.05) is 11.1 Å². The molecule has 3 rings (SSSR count). The monoisotopic (exact) mass is 338 g/mol. The fourth-order valence-electron chi connectivity index (χ4n) is 2.65. The Labute approximate surface area is 145 Å². The molecule has 3 aromatic rings. The molecule has 0 aliphatic rings. The van der Waals surface area contributed by atoms with Gasteiger partial charge in [0.05, 0.1) is 20.5 Å². The molecule has 128 valence electrons. The van der Waals surface area contributed by atoms with Crippen molar-refractivity contribution in [1.29, 1.82) is 0 Å². The molecule has 1 N–H and O–H groups in total. The lowest BCUT2D eigenvalue weighted by Crippen LogP contribution is -2.09. The summed E-state index contributed by atoms with van der Waals surface area (Å²) >= 11 is 0. The molecule has 1 atom stereocenters. The summed E-state index contributed by atoms with van der Waals surface area (Å²) < 4.78 is 15.6. The Kier molecular flexibility index (Phi) is 4.86. The molecule has 1 aromatic heterocycles. The zero-order chi connectivity index (χ0) is 17.8. The van der Waals surface area contributed by atoms with E-state index >= 15 is 0 Å². The number of ether oxygens (including phenoxy) is 2. The fourth-order valence-corrected chi connectivity index (χ4v) is 2.65. The van der Waals surface area contributed by atoms with Crippen LogP contribution in [-0.2, 0) is 4.74 Å².